The highest BCUT2D eigenvalue weighted by atomic mass is 19.2. The van der Waals surface area contributed by atoms with E-state index in [0.29, 0.717) is 11.3 Å². The Kier molecular flexibility index (Phi) is 8.40. The average molecular weight is 521 g/mol. The van der Waals surface area contributed by atoms with E-state index in [1.807, 2.05) is 12.1 Å². The van der Waals surface area contributed by atoms with Crippen LogP contribution in [-0.4, -0.2) is 27.3 Å². The Hall–Kier alpha value is -3.50. The van der Waals surface area contributed by atoms with Gasteiger partial charge in [0.1, 0.15) is 24.2 Å². The minimum Gasteiger partial charge on any atom is -0.497 e. The third-order valence-corrected chi connectivity index (χ3v) is 6.42. The van der Waals surface area contributed by atoms with E-state index in [2.05, 4.69) is 4.90 Å². The van der Waals surface area contributed by atoms with Gasteiger partial charge in [-0.05, 0) is 49.1 Å². The van der Waals surface area contributed by atoms with Gasteiger partial charge < -0.3 is 19.1 Å². The normalized spacial score (nSPS) is 14.4. The number of hydrogen-bond donors (Lipinski definition) is 1. The molecule has 0 radical (unpaired) electrons. The van der Waals surface area contributed by atoms with Crippen LogP contribution >= 0.6 is 0 Å². The fourth-order valence-corrected chi connectivity index (χ4v) is 4.43. The second-order valence-electron chi connectivity index (χ2n) is 8.63. The molecule has 0 bridgehead atoms. The van der Waals surface area contributed by atoms with Crippen molar-refractivity contribution < 1.29 is 36.6 Å². The van der Waals surface area contributed by atoms with E-state index in [-0.39, 0.29) is 17.9 Å². The molecule has 37 heavy (non-hydrogen) atoms. The lowest BCUT2D eigenvalue weighted by Crippen LogP contribution is -2.29. The molecule has 1 saturated heterocycles. The van der Waals surface area contributed by atoms with Crippen molar-refractivity contribution in [2.45, 2.75) is 32.0 Å². The molecule has 1 heterocycles. The predicted molar refractivity (Wildman–Crippen MR) is 130 cm³/mol. The molecule has 6 nitrogen and oxygen atoms in total. The Labute approximate surface area is 212 Å². The number of rotatable bonds is 9. The number of benzene rings is 3. The van der Waals surface area contributed by atoms with E-state index in [4.69, 9.17) is 24.9 Å². The topological polar surface area (TPSA) is 66.2 Å². The van der Waals surface area contributed by atoms with E-state index in [9.17, 15) is 8.78 Å². The third kappa shape index (κ3) is 5.45. The SMILES string of the molecule is COc1ccc(C(ON)c2c(F)c(F)c(OCc3ccc(N4CCCCC4)cc3)c(F)c2F)c(OC)c1. The first-order valence-corrected chi connectivity index (χ1v) is 11.8. The zero-order valence-corrected chi connectivity index (χ0v) is 20.5. The maximum atomic E-state index is 15.1. The standard InChI is InChI=1S/C27H28F4N2O4/c1-34-18-10-11-19(20(14-18)35-2)26(37-32)21-22(28)24(30)27(25(31)23(21)29)36-15-16-6-8-17(9-7-16)33-12-4-3-5-13-33/h6-11,14,26H,3-5,12-13,15,32H2,1-2H3. The summed E-state index contributed by atoms with van der Waals surface area (Å²) < 4.78 is 75.7. The molecule has 0 aromatic heterocycles. The van der Waals surface area contributed by atoms with Crippen LogP contribution in [0.5, 0.6) is 17.2 Å². The molecule has 1 fully saturated rings. The first-order valence-electron chi connectivity index (χ1n) is 11.8. The molecule has 1 aliphatic heterocycles. The number of methoxy groups -OCH3 is 2. The van der Waals surface area contributed by atoms with Gasteiger partial charge in [0.25, 0.3) is 0 Å². The molecule has 3 aromatic carbocycles. The summed E-state index contributed by atoms with van der Waals surface area (Å²) >= 11 is 0. The van der Waals surface area contributed by atoms with Crippen molar-refractivity contribution >= 4 is 5.69 Å². The van der Waals surface area contributed by atoms with E-state index >= 15 is 8.78 Å². The molecule has 0 amide bonds. The van der Waals surface area contributed by atoms with Crippen LogP contribution in [-0.2, 0) is 11.4 Å². The number of nitrogens with two attached hydrogens (primary N) is 1. The van der Waals surface area contributed by atoms with Crippen molar-refractivity contribution in [3.05, 3.63) is 82.4 Å². The number of hydrogen-bond acceptors (Lipinski definition) is 6. The summed E-state index contributed by atoms with van der Waals surface area (Å²) in [4.78, 5) is 7.02. The number of halogens is 4. The van der Waals surface area contributed by atoms with E-state index in [1.54, 1.807) is 12.1 Å². The van der Waals surface area contributed by atoms with Gasteiger partial charge in [0.2, 0.25) is 11.6 Å². The van der Waals surface area contributed by atoms with Crippen LogP contribution in [0.2, 0.25) is 0 Å². The maximum Gasteiger partial charge on any atom is 0.204 e. The van der Waals surface area contributed by atoms with E-state index in [0.717, 1.165) is 31.6 Å². The summed E-state index contributed by atoms with van der Waals surface area (Å²) in [5, 5.41) is 0. The van der Waals surface area contributed by atoms with Gasteiger partial charge in [0.05, 0.1) is 19.8 Å². The van der Waals surface area contributed by atoms with Crippen molar-refractivity contribution in [3.63, 3.8) is 0 Å². The average Bonchev–Trinajstić information content (AvgIpc) is 2.94. The summed E-state index contributed by atoms with van der Waals surface area (Å²) in [5.74, 6) is -2.18. The molecule has 1 aliphatic rings. The lowest BCUT2D eigenvalue weighted by Gasteiger charge is -2.28. The molecule has 198 valence electrons. The summed E-state index contributed by atoms with van der Waals surface area (Å²) in [5.41, 5.74) is 0.587. The highest BCUT2D eigenvalue weighted by Crippen LogP contribution is 2.40. The van der Waals surface area contributed by atoms with Gasteiger partial charge in [-0.15, -0.1) is 0 Å². The number of piperidine rings is 1. The van der Waals surface area contributed by atoms with Gasteiger partial charge in [-0.25, -0.2) is 14.7 Å². The fraction of sp³-hybridized carbons (Fsp3) is 0.333. The van der Waals surface area contributed by atoms with Crippen molar-refractivity contribution in [2.24, 2.45) is 5.90 Å². The minimum atomic E-state index is -1.72. The highest BCUT2D eigenvalue weighted by molar-refractivity contribution is 5.49. The van der Waals surface area contributed by atoms with Gasteiger partial charge in [-0.2, -0.15) is 8.78 Å². The van der Waals surface area contributed by atoms with Crippen LogP contribution in [0.25, 0.3) is 0 Å². The Morgan fingerprint density at radius 1 is 0.838 bits per heavy atom. The van der Waals surface area contributed by atoms with Crippen LogP contribution in [0.15, 0.2) is 42.5 Å². The van der Waals surface area contributed by atoms with Crippen LogP contribution in [0.3, 0.4) is 0 Å². The van der Waals surface area contributed by atoms with Crippen LogP contribution in [0.4, 0.5) is 23.2 Å². The molecule has 4 rings (SSSR count). The second kappa shape index (κ2) is 11.7. The molecule has 3 aromatic rings. The van der Waals surface area contributed by atoms with Crippen molar-refractivity contribution in [2.75, 3.05) is 32.2 Å². The van der Waals surface area contributed by atoms with Gasteiger partial charge in [0, 0.05) is 30.4 Å². The summed E-state index contributed by atoms with van der Waals surface area (Å²) in [7, 11) is 2.72. The predicted octanol–water partition coefficient (Wildman–Crippen LogP) is 5.81. The van der Waals surface area contributed by atoms with Crippen LogP contribution in [0, 0.1) is 23.3 Å². The summed E-state index contributed by atoms with van der Waals surface area (Å²) in [6.45, 7) is 1.63. The first-order chi connectivity index (χ1) is 17.9. The monoisotopic (exact) mass is 520 g/mol. The molecular formula is C27H28F4N2O4. The quantitative estimate of drug-likeness (QED) is 0.218. The Balaban J connectivity index is 1.59. The molecule has 0 aliphatic carbocycles. The zero-order chi connectivity index (χ0) is 26.5. The molecule has 1 unspecified atom stereocenters. The third-order valence-electron chi connectivity index (χ3n) is 6.42. The highest BCUT2D eigenvalue weighted by Gasteiger charge is 2.34. The zero-order valence-electron chi connectivity index (χ0n) is 20.5. The Morgan fingerprint density at radius 2 is 1.49 bits per heavy atom. The summed E-state index contributed by atoms with van der Waals surface area (Å²) in [6.07, 6.45) is 1.73. The second-order valence-corrected chi connectivity index (χ2v) is 8.63. The number of ether oxygens (including phenoxy) is 3. The molecule has 0 saturated carbocycles. The fourth-order valence-electron chi connectivity index (χ4n) is 4.43. The minimum absolute atomic E-state index is 0.0323. The number of anilines is 1. The van der Waals surface area contributed by atoms with Crippen molar-refractivity contribution in [1.29, 1.82) is 0 Å². The molecule has 0 spiro atoms. The van der Waals surface area contributed by atoms with Crippen molar-refractivity contribution in [1.82, 2.24) is 0 Å². The lowest BCUT2D eigenvalue weighted by molar-refractivity contribution is 0.0724. The van der Waals surface area contributed by atoms with Gasteiger partial charge in [0.15, 0.2) is 17.4 Å². The largest absolute Gasteiger partial charge is 0.497 e. The van der Waals surface area contributed by atoms with Crippen molar-refractivity contribution in [3.8, 4) is 17.2 Å². The number of nitrogens with zero attached hydrogens (tertiary/aromatic N) is 1. The smallest absolute Gasteiger partial charge is 0.204 e. The van der Waals surface area contributed by atoms with Gasteiger partial charge in [-0.1, -0.05) is 12.1 Å². The Bertz CT molecular complexity index is 1210. The Morgan fingerprint density at radius 3 is 2.05 bits per heavy atom. The van der Waals surface area contributed by atoms with E-state index in [1.165, 1.54) is 38.8 Å². The van der Waals surface area contributed by atoms with Crippen LogP contribution < -0.4 is 25.0 Å². The molecule has 1 atom stereocenters. The molecule has 2 N–H and O–H groups in total. The van der Waals surface area contributed by atoms with E-state index < -0.39 is 40.7 Å². The molecular weight excluding hydrogens is 492 g/mol. The summed E-state index contributed by atoms with van der Waals surface area (Å²) in [6, 6.07) is 11.5. The van der Waals surface area contributed by atoms with Crippen LogP contribution in [0.1, 0.15) is 42.1 Å². The van der Waals surface area contributed by atoms with Gasteiger partial charge >= 0.3 is 0 Å². The lowest BCUT2D eigenvalue weighted by atomic mass is 9.98. The molecule has 10 heteroatoms. The first kappa shape index (κ1) is 26.6. The van der Waals surface area contributed by atoms with Gasteiger partial charge in [-0.3, -0.25) is 4.84 Å². The maximum absolute atomic E-state index is 15.1.